The number of para-hydroxylation sites is 1. The van der Waals surface area contributed by atoms with E-state index < -0.39 is 5.90 Å². The molecule has 0 N–H and O–H groups in total. The molecule has 1 nitrogen and oxygen atoms in total. The maximum atomic E-state index is 5.65. The molecule has 1 atom stereocenters. The van der Waals surface area contributed by atoms with Gasteiger partial charge in [0, 0.05) is 0 Å². The van der Waals surface area contributed by atoms with Crippen molar-refractivity contribution >= 4 is 35.3 Å². The highest BCUT2D eigenvalue weighted by molar-refractivity contribution is 8.49. The lowest BCUT2D eigenvalue weighted by atomic mass is 10.3. The van der Waals surface area contributed by atoms with E-state index in [1.807, 2.05) is 54.6 Å². The molecular weight excluding hydrogens is 255 g/mol. The van der Waals surface area contributed by atoms with Crippen LogP contribution in [-0.4, -0.2) is 0 Å². The molecule has 0 spiro atoms. The number of rotatable bonds is 3. The topological polar surface area (TPSA) is 9.23 Å². The van der Waals surface area contributed by atoms with Gasteiger partial charge in [-0.15, -0.1) is 0 Å². The van der Waals surface area contributed by atoms with Crippen LogP contribution in [0, 0.1) is 0 Å². The fourth-order valence-corrected chi connectivity index (χ4v) is 2.38. The van der Waals surface area contributed by atoms with Crippen molar-refractivity contribution in [2.75, 3.05) is 0 Å². The van der Waals surface area contributed by atoms with Crippen molar-refractivity contribution in [2.45, 2.75) is 0 Å². The lowest BCUT2D eigenvalue weighted by Crippen LogP contribution is -1.93. The fourth-order valence-electron chi connectivity index (χ4n) is 1.26. The monoisotopic (exact) mass is 264 g/mol. The van der Waals surface area contributed by atoms with Crippen molar-refractivity contribution in [3.8, 4) is 11.5 Å². The van der Waals surface area contributed by atoms with E-state index in [1.165, 1.54) is 0 Å². The molecule has 0 radical (unpaired) electrons. The number of ether oxygens (including phenoxy) is 1. The van der Waals surface area contributed by atoms with Crippen LogP contribution in [0.5, 0.6) is 11.5 Å². The zero-order chi connectivity index (χ0) is 11.4. The van der Waals surface area contributed by atoms with E-state index in [0.717, 1.165) is 16.8 Å². The summed E-state index contributed by atoms with van der Waals surface area (Å²) in [6.45, 7) is 0. The van der Waals surface area contributed by atoms with E-state index in [2.05, 4.69) is 0 Å². The third-order valence-electron chi connectivity index (χ3n) is 2.03. The van der Waals surface area contributed by atoms with Crippen molar-refractivity contribution < 1.29 is 4.74 Å². The summed E-state index contributed by atoms with van der Waals surface area (Å²) in [6, 6.07) is 17.3. The number of hydrogen-bond donors (Lipinski definition) is 0. The Morgan fingerprint density at radius 2 is 1.44 bits per heavy atom. The second-order valence-electron chi connectivity index (χ2n) is 3.17. The molecule has 0 saturated carbocycles. The summed E-state index contributed by atoms with van der Waals surface area (Å²) in [7, 11) is 0. The summed E-state index contributed by atoms with van der Waals surface area (Å²) in [5, 5.41) is 1.03. The van der Waals surface area contributed by atoms with E-state index in [1.54, 1.807) is 0 Å². The first kappa shape index (κ1) is 11.6. The van der Waals surface area contributed by atoms with Crippen LogP contribution in [0.2, 0.25) is 0 Å². The second kappa shape index (κ2) is 5.44. The van der Waals surface area contributed by atoms with Crippen LogP contribution >= 0.6 is 5.90 Å². The lowest BCUT2D eigenvalue weighted by Gasteiger charge is -2.04. The Morgan fingerprint density at radius 3 is 2.00 bits per heavy atom. The van der Waals surface area contributed by atoms with Crippen LogP contribution < -0.4 is 10.0 Å². The van der Waals surface area contributed by atoms with Crippen molar-refractivity contribution in [1.82, 2.24) is 0 Å². The van der Waals surface area contributed by atoms with Gasteiger partial charge in [-0.3, -0.25) is 0 Å². The van der Waals surface area contributed by atoms with Gasteiger partial charge < -0.3 is 17.0 Å². The average Bonchev–Trinajstić information content (AvgIpc) is 2.31. The Bertz CT molecular complexity index is 482. The predicted molar refractivity (Wildman–Crippen MR) is 74.2 cm³/mol. The van der Waals surface area contributed by atoms with Crippen LogP contribution in [-0.2, 0) is 24.1 Å². The maximum Gasteiger partial charge on any atom is 0.139 e. The molecular formula is C12H9OPS2. The van der Waals surface area contributed by atoms with Gasteiger partial charge in [0.15, 0.2) is 0 Å². The molecule has 0 heterocycles. The number of benzene rings is 2. The third-order valence-corrected chi connectivity index (χ3v) is 4.01. The molecule has 2 aromatic rings. The molecule has 2 aromatic carbocycles. The third kappa shape index (κ3) is 3.05. The maximum absolute atomic E-state index is 5.65. The Balaban J connectivity index is 2.14. The normalized spacial score (nSPS) is 10.9. The summed E-state index contributed by atoms with van der Waals surface area (Å²) < 4.78 is 5.65. The van der Waals surface area contributed by atoms with Gasteiger partial charge in [-0.25, -0.2) is 0 Å². The summed E-state index contributed by atoms with van der Waals surface area (Å²) in [5.74, 6) is 0.774. The average molecular weight is 264 g/mol. The van der Waals surface area contributed by atoms with E-state index >= 15 is 0 Å². The van der Waals surface area contributed by atoms with E-state index in [4.69, 9.17) is 28.8 Å². The van der Waals surface area contributed by atoms with Crippen molar-refractivity contribution in [1.29, 1.82) is 0 Å². The molecule has 2 rings (SSSR count). The summed E-state index contributed by atoms with van der Waals surface area (Å²) in [4.78, 5) is 0. The highest BCUT2D eigenvalue weighted by atomic mass is 32.9. The van der Waals surface area contributed by atoms with Gasteiger partial charge in [-0.05, 0) is 36.4 Å². The Kier molecular flexibility index (Phi) is 3.94. The Hall–Kier alpha value is -0.890. The Labute approximate surface area is 106 Å². The second-order valence-corrected chi connectivity index (χ2v) is 7.08. The zero-order valence-corrected chi connectivity index (χ0v) is 10.9. The van der Waals surface area contributed by atoms with Gasteiger partial charge in [0.25, 0.3) is 0 Å². The molecule has 0 aliphatic rings. The standard InChI is InChI=1S/C12H9OPS2/c15-14(16)12-8-6-11(7-9-12)13-10-4-2-1-3-5-10/h1-9H. The van der Waals surface area contributed by atoms with Gasteiger partial charge in [-0.1, -0.05) is 18.2 Å². The van der Waals surface area contributed by atoms with Crippen LogP contribution in [0.1, 0.15) is 0 Å². The van der Waals surface area contributed by atoms with E-state index in [0.29, 0.717) is 0 Å². The van der Waals surface area contributed by atoms with Gasteiger partial charge in [0.2, 0.25) is 0 Å². The zero-order valence-electron chi connectivity index (χ0n) is 8.37. The van der Waals surface area contributed by atoms with Gasteiger partial charge in [-0.2, -0.15) is 0 Å². The quantitative estimate of drug-likeness (QED) is 0.620. The summed E-state index contributed by atoms with van der Waals surface area (Å²) >= 11 is 10.1. The Morgan fingerprint density at radius 1 is 0.875 bits per heavy atom. The minimum atomic E-state index is -0.856. The van der Waals surface area contributed by atoms with Gasteiger partial charge in [0.05, 0.1) is 5.90 Å². The number of hydrogen-bond acceptors (Lipinski definition) is 3. The predicted octanol–water partition coefficient (Wildman–Crippen LogP) is 3.51. The molecule has 0 bridgehead atoms. The molecule has 0 saturated heterocycles. The molecule has 1 unspecified atom stereocenters. The minimum Gasteiger partial charge on any atom is -0.472 e. The lowest BCUT2D eigenvalue weighted by molar-refractivity contribution is 0.483. The van der Waals surface area contributed by atoms with Crippen LogP contribution in [0.3, 0.4) is 0 Å². The van der Waals surface area contributed by atoms with Crippen LogP contribution in [0.4, 0.5) is 0 Å². The fraction of sp³-hybridized carbons (Fsp3) is 0. The SMILES string of the molecule is S=[P+]([S-])c1ccc(Oc2ccccc2)cc1. The van der Waals surface area contributed by atoms with Crippen molar-refractivity contribution in [3.05, 3.63) is 54.6 Å². The van der Waals surface area contributed by atoms with Crippen molar-refractivity contribution in [3.63, 3.8) is 0 Å². The summed E-state index contributed by atoms with van der Waals surface area (Å²) in [5.41, 5.74) is 0. The first-order chi connectivity index (χ1) is 7.75. The molecule has 16 heavy (non-hydrogen) atoms. The van der Waals surface area contributed by atoms with Crippen LogP contribution in [0.15, 0.2) is 54.6 Å². The van der Waals surface area contributed by atoms with E-state index in [-0.39, 0.29) is 0 Å². The van der Waals surface area contributed by atoms with Gasteiger partial charge in [0.1, 0.15) is 28.6 Å². The highest BCUT2D eigenvalue weighted by Gasteiger charge is 2.01. The van der Waals surface area contributed by atoms with E-state index in [9.17, 15) is 0 Å². The first-order valence-electron chi connectivity index (χ1n) is 4.73. The molecule has 4 heteroatoms. The molecule has 0 aromatic heterocycles. The molecule has 0 aliphatic heterocycles. The molecule has 0 aliphatic carbocycles. The molecule has 0 amide bonds. The highest BCUT2D eigenvalue weighted by Crippen LogP contribution is 2.22. The van der Waals surface area contributed by atoms with Gasteiger partial charge >= 0.3 is 0 Å². The van der Waals surface area contributed by atoms with Crippen LogP contribution in [0.25, 0.3) is 0 Å². The molecule has 0 fully saturated rings. The molecule has 80 valence electrons. The first-order valence-corrected chi connectivity index (χ1v) is 8.10. The largest absolute Gasteiger partial charge is 0.472 e. The smallest absolute Gasteiger partial charge is 0.139 e. The van der Waals surface area contributed by atoms with Crippen molar-refractivity contribution in [2.24, 2.45) is 0 Å². The minimum absolute atomic E-state index is 0.803. The summed E-state index contributed by atoms with van der Waals surface area (Å²) in [6.07, 6.45) is 0.